The first kappa shape index (κ1) is 20.4. The molecule has 10 heteroatoms. The third kappa shape index (κ3) is 3.93. The summed E-state index contributed by atoms with van der Waals surface area (Å²) in [6, 6.07) is 9.12. The highest BCUT2D eigenvalue weighted by atomic mass is 35.5. The molecular formula is C17H21ClN6O3. The zero-order valence-corrected chi connectivity index (χ0v) is 15.8. The van der Waals surface area contributed by atoms with E-state index in [0.717, 1.165) is 10.1 Å². The number of aryl methyl sites for hydroxylation is 1. The van der Waals surface area contributed by atoms with Crippen LogP contribution in [-0.2, 0) is 25.4 Å². The van der Waals surface area contributed by atoms with E-state index in [0.29, 0.717) is 0 Å². The molecule has 1 atom stereocenters. The molecule has 9 nitrogen and oxygen atoms in total. The maximum atomic E-state index is 12.4. The lowest BCUT2D eigenvalue weighted by atomic mass is 10.1. The van der Waals surface area contributed by atoms with Gasteiger partial charge in [0.25, 0.3) is 5.56 Å². The van der Waals surface area contributed by atoms with Crippen LogP contribution in [0.2, 0.25) is 0 Å². The fourth-order valence-electron chi connectivity index (χ4n) is 2.77. The largest absolute Gasteiger partial charge is 0.353 e. The van der Waals surface area contributed by atoms with Crippen molar-refractivity contribution in [3.63, 3.8) is 0 Å². The summed E-state index contributed by atoms with van der Waals surface area (Å²) >= 11 is 0. The number of rotatable bonds is 5. The summed E-state index contributed by atoms with van der Waals surface area (Å²) in [6.07, 6.45) is 1.38. The van der Waals surface area contributed by atoms with E-state index in [4.69, 9.17) is 5.73 Å². The highest BCUT2D eigenvalue weighted by molar-refractivity contribution is 5.85. The van der Waals surface area contributed by atoms with Gasteiger partial charge >= 0.3 is 5.69 Å². The summed E-state index contributed by atoms with van der Waals surface area (Å²) in [5.41, 5.74) is 6.47. The van der Waals surface area contributed by atoms with E-state index in [1.165, 1.54) is 29.6 Å². The minimum atomic E-state index is -0.491. The van der Waals surface area contributed by atoms with Crippen molar-refractivity contribution in [1.82, 2.24) is 24.0 Å². The number of nitrogens with two attached hydrogens (primary N) is 1. The first-order chi connectivity index (χ1) is 12.4. The van der Waals surface area contributed by atoms with Gasteiger partial charge in [-0.2, -0.15) is 0 Å². The monoisotopic (exact) mass is 392 g/mol. The molecule has 0 aliphatic rings. The van der Waals surface area contributed by atoms with Gasteiger partial charge in [-0.3, -0.25) is 18.7 Å². The van der Waals surface area contributed by atoms with Gasteiger partial charge in [0, 0.05) is 26.7 Å². The molecule has 144 valence electrons. The Morgan fingerprint density at radius 2 is 1.85 bits per heavy atom. The van der Waals surface area contributed by atoms with E-state index in [1.807, 2.05) is 30.3 Å². The molecule has 2 heterocycles. The van der Waals surface area contributed by atoms with Gasteiger partial charge in [-0.1, -0.05) is 30.3 Å². The standard InChI is InChI=1S/C17H20N6O3.ClH/c1-21-15-14(16(25)22(2)17(21)26)23(10-20-15)9-13(24)19-8-12(18)11-6-4-3-5-7-11;/h3-7,10,12H,8-9,18H2,1-2H3,(H,19,24);1H. The molecule has 0 fully saturated rings. The van der Waals surface area contributed by atoms with Crippen molar-refractivity contribution in [3.05, 3.63) is 63.1 Å². The lowest BCUT2D eigenvalue weighted by Crippen LogP contribution is -2.38. The number of carbonyl (C=O) groups excluding carboxylic acids is 1. The predicted octanol–water partition coefficient (Wildman–Crippen LogP) is -0.328. The molecule has 1 aromatic carbocycles. The van der Waals surface area contributed by atoms with Crippen molar-refractivity contribution < 1.29 is 4.79 Å². The van der Waals surface area contributed by atoms with Gasteiger partial charge in [-0.05, 0) is 5.56 Å². The van der Waals surface area contributed by atoms with Gasteiger partial charge in [0.1, 0.15) is 6.54 Å². The van der Waals surface area contributed by atoms with Crippen molar-refractivity contribution in [2.45, 2.75) is 12.6 Å². The lowest BCUT2D eigenvalue weighted by molar-refractivity contribution is -0.121. The van der Waals surface area contributed by atoms with Gasteiger partial charge in [0.15, 0.2) is 11.2 Å². The fourth-order valence-corrected chi connectivity index (χ4v) is 2.77. The van der Waals surface area contributed by atoms with Crippen LogP contribution in [0.1, 0.15) is 11.6 Å². The smallest absolute Gasteiger partial charge is 0.332 e. The Balaban J connectivity index is 0.00000261. The van der Waals surface area contributed by atoms with E-state index in [1.54, 1.807) is 0 Å². The molecule has 0 saturated heterocycles. The quantitative estimate of drug-likeness (QED) is 0.616. The summed E-state index contributed by atoms with van der Waals surface area (Å²) in [5, 5.41) is 2.75. The molecule has 3 rings (SSSR count). The fraction of sp³-hybridized carbons (Fsp3) is 0.294. The third-order valence-electron chi connectivity index (χ3n) is 4.28. The molecule has 0 aliphatic heterocycles. The number of hydrogen-bond donors (Lipinski definition) is 2. The van der Waals surface area contributed by atoms with Gasteiger partial charge < -0.3 is 15.6 Å². The summed E-state index contributed by atoms with van der Waals surface area (Å²) in [6.45, 7) is 0.178. The van der Waals surface area contributed by atoms with Crippen LogP contribution in [0.5, 0.6) is 0 Å². The highest BCUT2D eigenvalue weighted by Gasteiger charge is 2.16. The molecule has 0 aliphatic carbocycles. The Labute approximate surface area is 160 Å². The molecule has 2 aromatic heterocycles. The number of fused-ring (bicyclic) bond motifs is 1. The number of carbonyl (C=O) groups is 1. The molecule has 1 unspecified atom stereocenters. The van der Waals surface area contributed by atoms with Crippen LogP contribution in [-0.4, -0.2) is 31.1 Å². The van der Waals surface area contributed by atoms with E-state index in [9.17, 15) is 14.4 Å². The van der Waals surface area contributed by atoms with Crippen LogP contribution in [0.15, 0.2) is 46.2 Å². The Bertz CT molecular complexity index is 1070. The Hall–Kier alpha value is -2.91. The number of benzene rings is 1. The van der Waals surface area contributed by atoms with Crippen molar-refractivity contribution in [2.24, 2.45) is 19.8 Å². The molecule has 0 spiro atoms. The molecule has 1 amide bonds. The van der Waals surface area contributed by atoms with Crippen LogP contribution in [0, 0.1) is 0 Å². The topological polar surface area (TPSA) is 117 Å². The molecule has 0 saturated carbocycles. The molecule has 0 bridgehead atoms. The van der Waals surface area contributed by atoms with Crippen molar-refractivity contribution >= 4 is 29.5 Å². The average Bonchev–Trinajstić information content (AvgIpc) is 3.07. The van der Waals surface area contributed by atoms with Gasteiger partial charge in [-0.25, -0.2) is 9.78 Å². The predicted molar refractivity (Wildman–Crippen MR) is 104 cm³/mol. The second-order valence-corrected chi connectivity index (χ2v) is 6.07. The van der Waals surface area contributed by atoms with Crippen LogP contribution in [0.4, 0.5) is 0 Å². The van der Waals surface area contributed by atoms with E-state index < -0.39 is 11.2 Å². The number of amides is 1. The normalized spacial score (nSPS) is 11.8. The lowest BCUT2D eigenvalue weighted by Gasteiger charge is -2.13. The first-order valence-electron chi connectivity index (χ1n) is 8.08. The minimum Gasteiger partial charge on any atom is -0.353 e. The number of nitrogens with one attached hydrogen (secondary N) is 1. The van der Waals surface area contributed by atoms with Crippen LogP contribution in [0.25, 0.3) is 11.2 Å². The first-order valence-corrected chi connectivity index (χ1v) is 8.08. The SMILES string of the molecule is Cl.Cn1c(=O)c2c(ncn2CC(=O)NCC(N)c2ccccc2)n(C)c1=O. The highest BCUT2D eigenvalue weighted by Crippen LogP contribution is 2.08. The summed E-state index contributed by atoms with van der Waals surface area (Å²) in [5.74, 6) is -0.299. The number of imidazole rings is 1. The number of halogens is 1. The molecular weight excluding hydrogens is 372 g/mol. The zero-order chi connectivity index (χ0) is 18.8. The van der Waals surface area contributed by atoms with Crippen molar-refractivity contribution in [2.75, 3.05) is 6.54 Å². The van der Waals surface area contributed by atoms with E-state index in [-0.39, 0.29) is 48.6 Å². The van der Waals surface area contributed by atoms with E-state index in [2.05, 4.69) is 10.3 Å². The maximum Gasteiger partial charge on any atom is 0.332 e. The van der Waals surface area contributed by atoms with Crippen LogP contribution in [0.3, 0.4) is 0 Å². The minimum absolute atomic E-state index is 0. The maximum absolute atomic E-state index is 12.4. The molecule has 3 N–H and O–H groups in total. The number of nitrogens with zero attached hydrogens (tertiary/aromatic N) is 4. The van der Waals surface area contributed by atoms with Gasteiger partial charge in [-0.15, -0.1) is 12.4 Å². The molecule has 27 heavy (non-hydrogen) atoms. The molecule has 0 radical (unpaired) electrons. The van der Waals surface area contributed by atoms with Crippen molar-refractivity contribution in [1.29, 1.82) is 0 Å². The van der Waals surface area contributed by atoms with Crippen LogP contribution < -0.4 is 22.3 Å². The van der Waals surface area contributed by atoms with Gasteiger partial charge in [0.05, 0.1) is 6.33 Å². The summed E-state index contributed by atoms with van der Waals surface area (Å²) < 4.78 is 3.70. The number of hydrogen-bond acceptors (Lipinski definition) is 5. The number of aromatic nitrogens is 4. The Kier molecular flexibility index (Phi) is 6.19. The van der Waals surface area contributed by atoms with Crippen molar-refractivity contribution in [3.8, 4) is 0 Å². The third-order valence-corrected chi connectivity index (χ3v) is 4.28. The van der Waals surface area contributed by atoms with Gasteiger partial charge in [0.2, 0.25) is 5.91 Å². The Morgan fingerprint density at radius 3 is 2.52 bits per heavy atom. The second-order valence-electron chi connectivity index (χ2n) is 6.07. The zero-order valence-electron chi connectivity index (χ0n) is 15.0. The van der Waals surface area contributed by atoms with Crippen LogP contribution >= 0.6 is 12.4 Å². The Morgan fingerprint density at radius 1 is 1.19 bits per heavy atom. The molecule has 3 aromatic rings. The summed E-state index contributed by atoms with van der Waals surface area (Å²) in [4.78, 5) is 40.6. The second kappa shape index (κ2) is 8.19. The summed E-state index contributed by atoms with van der Waals surface area (Å²) in [7, 11) is 2.92. The van der Waals surface area contributed by atoms with E-state index >= 15 is 0 Å². The average molecular weight is 393 g/mol.